The van der Waals surface area contributed by atoms with Gasteiger partial charge in [0.2, 0.25) is 21.8 Å². The third-order valence-electron chi connectivity index (χ3n) is 9.10. The molecule has 284 valence electrons. The molecule has 17 heteroatoms. The lowest BCUT2D eigenvalue weighted by Crippen LogP contribution is -2.63. The van der Waals surface area contributed by atoms with E-state index >= 15 is 0 Å². The molecule has 15 nitrogen and oxygen atoms in total. The molecule has 3 aromatic rings. The van der Waals surface area contributed by atoms with E-state index in [1.165, 1.54) is 22.3 Å². The van der Waals surface area contributed by atoms with Crippen molar-refractivity contribution in [1.82, 2.24) is 35.3 Å². The van der Waals surface area contributed by atoms with E-state index in [2.05, 4.69) is 22.0 Å². The number of fused-ring (bicyclic) bond motifs is 1. The average molecular weight is 768 g/mol. The molecule has 53 heavy (non-hydrogen) atoms. The number of hydrogen-bond acceptors (Lipinski definition) is 11. The molecule has 5 amide bonds. The SMILES string of the molecule is C=C[C@@H]1CC1(NC(=O)[C@@H]1CC(Oc2nc3ccccc3nc2-c2cccs2)CN1C(=O)N(NC(=O)OC(C)(C)C)C(C)(C)C)C(=O)NS(=O)(=O)C1CC1. The van der Waals surface area contributed by atoms with Gasteiger partial charge in [-0.2, -0.15) is 0 Å². The number of ether oxygens (including phenoxy) is 2. The highest BCUT2D eigenvalue weighted by molar-refractivity contribution is 7.91. The van der Waals surface area contributed by atoms with Gasteiger partial charge in [-0.05, 0) is 84.4 Å². The molecule has 2 aromatic heterocycles. The number of carbonyl (C=O) groups is 4. The fourth-order valence-electron chi connectivity index (χ4n) is 6.18. The molecule has 1 saturated heterocycles. The predicted octanol–water partition coefficient (Wildman–Crippen LogP) is 4.51. The summed E-state index contributed by atoms with van der Waals surface area (Å²) >= 11 is 1.45. The molecule has 2 unspecified atom stereocenters. The summed E-state index contributed by atoms with van der Waals surface area (Å²) < 4.78 is 39.5. The highest BCUT2D eigenvalue weighted by atomic mass is 32.2. The summed E-state index contributed by atoms with van der Waals surface area (Å²) in [7, 11) is -3.91. The number of nitrogens with zero attached hydrogens (tertiary/aromatic N) is 4. The van der Waals surface area contributed by atoms with Gasteiger partial charge in [0.25, 0.3) is 5.91 Å². The number of para-hydroxylation sites is 2. The van der Waals surface area contributed by atoms with Gasteiger partial charge in [-0.25, -0.2) is 38.4 Å². The van der Waals surface area contributed by atoms with E-state index in [0.29, 0.717) is 29.6 Å². The van der Waals surface area contributed by atoms with Crippen LogP contribution in [-0.2, 0) is 24.3 Å². The molecule has 1 aromatic carbocycles. The first-order valence-corrected chi connectivity index (χ1v) is 19.8. The van der Waals surface area contributed by atoms with Gasteiger partial charge in [-0.15, -0.1) is 17.9 Å². The molecule has 0 bridgehead atoms. The van der Waals surface area contributed by atoms with E-state index < -0.39 is 74.0 Å². The molecule has 3 fully saturated rings. The summed E-state index contributed by atoms with van der Waals surface area (Å²) in [6.45, 7) is 13.8. The van der Waals surface area contributed by atoms with Crippen molar-refractivity contribution in [1.29, 1.82) is 0 Å². The molecule has 6 rings (SSSR count). The van der Waals surface area contributed by atoms with Gasteiger partial charge in [-0.1, -0.05) is 24.3 Å². The monoisotopic (exact) mass is 767 g/mol. The second kappa shape index (κ2) is 13.9. The number of nitrogens with one attached hydrogen (secondary N) is 3. The van der Waals surface area contributed by atoms with Gasteiger partial charge in [-0.3, -0.25) is 14.3 Å². The van der Waals surface area contributed by atoms with Crippen molar-refractivity contribution in [2.24, 2.45) is 5.92 Å². The zero-order valence-corrected chi connectivity index (χ0v) is 32.2. The van der Waals surface area contributed by atoms with Crippen LogP contribution in [0, 0.1) is 5.92 Å². The predicted molar refractivity (Wildman–Crippen MR) is 198 cm³/mol. The van der Waals surface area contributed by atoms with Crippen molar-refractivity contribution in [2.75, 3.05) is 6.54 Å². The molecule has 2 saturated carbocycles. The zero-order valence-electron chi connectivity index (χ0n) is 30.5. The van der Waals surface area contributed by atoms with E-state index in [4.69, 9.17) is 19.4 Å². The number of rotatable bonds is 9. The van der Waals surface area contributed by atoms with Gasteiger partial charge in [0, 0.05) is 12.3 Å². The summed E-state index contributed by atoms with van der Waals surface area (Å²) in [6, 6.07) is 9.15. The van der Waals surface area contributed by atoms with Crippen LogP contribution in [-0.4, -0.2) is 92.9 Å². The summed E-state index contributed by atoms with van der Waals surface area (Å²) in [5.74, 6) is -1.90. The molecule has 3 N–H and O–H groups in total. The molecule has 4 atom stereocenters. The molecule has 3 heterocycles. The molecule has 2 aliphatic carbocycles. The molecule has 0 radical (unpaired) electrons. The first-order chi connectivity index (χ1) is 24.8. The number of likely N-dealkylation sites (tertiary alicyclic amines) is 1. The minimum atomic E-state index is -3.91. The standard InChI is InChI=1S/C36H45N7O8S2/c1-8-21-19-36(21,31(45)41-53(48,49)23-15-16-23)39-29(44)26-18-22(20-42(26)33(47)43(34(2,3)4)40-32(46)51-35(5,6)7)50-30-28(27-14-11-17-52-27)37-24-12-9-10-13-25(24)38-30/h8-14,17,21-23,26H,1,15-16,18-20H2,2-7H3,(H,39,44)(H,40,46)(H,41,45)/t21-,22?,26+,36?/m1/s1. The highest BCUT2D eigenvalue weighted by Crippen LogP contribution is 2.45. The number of aromatic nitrogens is 2. The number of carbonyl (C=O) groups excluding carboxylic acids is 4. The van der Waals surface area contributed by atoms with Crippen LogP contribution in [0.25, 0.3) is 21.6 Å². The number of urea groups is 1. The molecule has 0 spiro atoms. The van der Waals surface area contributed by atoms with Crippen LogP contribution in [0.2, 0.25) is 0 Å². The lowest BCUT2D eigenvalue weighted by molar-refractivity contribution is -0.131. The Morgan fingerprint density at radius 1 is 1.04 bits per heavy atom. The maximum atomic E-state index is 14.5. The Bertz CT molecular complexity index is 2040. The normalized spacial score (nSPS) is 22.8. The van der Waals surface area contributed by atoms with Crippen molar-refractivity contribution in [3.8, 4) is 16.5 Å². The average Bonchev–Trinajstić information content (AvgIpc) is 3.94. The smallest absolute Gasteiger partial charge is 0.426 e. The van der Waals surface area contributed by atoms with Gasteiger partial charge >= 0.3 is 12.1 Å². The second-order valence-corrected chi connectivity index (χ2v) is 18.5. The Hall–Kier alpha value is -4.77. The maximum absolute atomic E-state index is 14.5. The maximum Gasteiger partial charge on any atom is 0.426 e. The largest absolute Gasteiger partial charge is 0.471 e. The lowest BCUT2D eigenvalue weighted by Gasteiger charge is -2.39. The Morgan fingerprint density at radius 2 is 1.72 bits per heavy atom. The molecule has 1 aliphatic heterocycles. The van der Waals surface area contributed by atoms with E-state index in [-0.39, 0.29) is 25.3 Å². The lowest BCUT2D eigenvalue weighted by atomic mass is 10.1. The molecular formula is C36H45N7O8S2. The first kappa shape index (κ1) is 38.0. The van der Waals surface area contributed by atoms with Crippen LogP contribution < -0.4 is 20.2 Å². The fourth-order valence-corrected chi connectivity index (χ4v) is 8.25. The van der Waals surface area contributed by atoms with Crippen LogP contribution >= 0.6 is 11.3 Å². The minimum Gasteiger partial charge on any atom is -0.471 e. The van der Waals surface area contributed by atoms with E-state index in [1.54, 1.807) is 47.6 Å². The van der Waals surface area contributed by atoms with Crippen molar-refractivity contribution in [3.63, 3.8) is 0 Å². The number of hydrazine groups is 1. The second-order valence-electron chi connectivity index (χ2n) is 15.6. The first-order valence-electron chi connectivity index (χ1n) is 17.4. The minimum absolute atomic E-state index is 0.0305. The van der Waals surface area contributed by atoms with Crippen LogP contribution in [0.1, 0.15) is 67.2 Å². The van der Waals surface area contributed by atoms with E-state index in [0.717, 1.165) is 9.89 Å². The van der Waals surface area contributed by atoms with Crippen LogP contribution in [0.15, 0.2) is 54.4 Å². The Morgan fingerprint density at radius 3 is 2.28 bits per heavy atom. The Kier molecular flexibility index (Phi) is 9.96. The summed E-state index contributed by atoms with van der Waals surface area (Å²) in [4.78, 5) is 66.9. The van der Waals surface area contributed by atoms with Crippen molar-refractivity contribution < 1.29 is 37.1 Å². The summed E-state index contributed by atoms with van der Waals surface area (Å²) in [5.41, 5.74) is 0.845. The third kappa shape index (κ3) is 8.25. The van der Waals surface area contributed by atoms with E-state index in [9.17, 15) is 27.6 Å². The van der Waals surface area contributed by atoms with Crippen molar-refractivity contribution in [3.05, 3.63) is 54.4 Å². The Labute approximate surface area is 312 Å². The van der Waals surface area contributed by atoms with Gasteiger partial charge in [0.1, 0.15) is 29.0 Å². The molecular weight excluding hydrogens is 723 g/mol. The van der Waals surface area contributed by atoms with Crippen LogP contribution in [0.3, 0.4) is 0 Å². The number of hydrogen-bond donors (Lipinski definition) is 3. The van der Waals surface area contributed by atoms with Gasteiger partial charge in [0.15, 0.2) is 0 Å². The van der Waals surface area contributed by atoms with Gasteiger partial charge < -0.3 is 19.7 Å². The zero-order chi connectivity index (χ0) is 38.5. The number of amides is 5. The fraction of sp³-hybridized carbons (Fsp3) is 0.500. The topological polar surface area (TPSA) is 189 Å². The number of thiophene rings is 1. The van der Waals surface area contributed by atoms with E-state index in [1.807, 2.05) is 35.7 Å². The van der Waals surface area contributed by atoms with Gasteiger partial charge in [0.05, 0.1) is 33.2 Å². The number of benzene rings is 1. The van der Waals surface area contributed by atoms with Crippen molar-refractivity contribution >= 4 is 56.3 Å². The van der Waals surface area contributed by atoms with Crippen LogP contribution in [0.5, 0.6) is 5.88 Å². The summed E-state index contributed by atoms with van der Waals surface area (Å²) in [6.07, 6.45) is 0.818. The number of sulfonamides is 1. The summed E-state index contributed by atoms with van der Waals surface area (Å²) in [5, 5.41) is 5.11. The van der Waals surface area contributed by atoms with Crippen molar-refractivity contribution in [2.45, 2.75) is 101 Å². The Balaban J connectivity index is 1.32. The molecule has 3 aliphatic rings. The highest BCUT2D eigenvalue weighted by Gasteiger charge is 2.62. The van der Waals surface area contributed by atoms with Crippen LogP contribution in [0.4, 0.5) is 9.59 Å². The quantitative estimate of drug-likeness (QED) is 0.207. The third-order valence-corrected chi connectivity index (χ3v) is 11.8.